The van der Waals surface area contributed by atoms with Crippen LogP contribution in [-0.4, -0.2) is 5.91 Å². The third-order valence-electron chi connectivity index (χ3n) is 2.83. The Balaban J connectivity index is 2.78. The molecule has 1 aromatic rings. The van der Waals surface area contributed by atoms with E-state index in [9.17, 15) is 4.79 Å². The molecule has 0 aromatic heterocycles. The summed E-state index contributed by atoms with van der Waals surface area (Å²) in [6.07, 6.45) is 1.54. The van der Waals surface area contributed by atoms with E-state index in [1.54, 1.807) is 6.07 Å². The monoisotopic (exact) mass is 298 g/mol. The van der Waals surface area contributed by atoms with Crippen LogP contribution in [0.1, 0.15) is 32.3 Å². The van der Waals surface area contributed by atoms with Crippen LogP contribution in [0.4, 0.5) is 11.4 Å². The van der Waals surface area contributed by atoms with E-state index in [4.69, 9.17) is 5.73 Å². The number of carbonyl (C=O) groups excluding carboxylic acids is 1. The quantitative estimate of drug-likeness (QED) is 0.833. The van der Waals surface area contributed by atoms with Crippen molar-refractivity contribution in [2.24, 2.45) is 5.92 Å². The molecular weight excluding hydrogens is 280 g/mol. The van der Waals surface area contributed by atoms with Crippen molar-refractivity contribution in [2.45, 2.75) is 33.6 Å². The van der Waals surface area contributed by atoms with E-state index in [0.717, 1.165) is 22.1 Å². The fourth-order valence-corrected chi connectivity index (χ4v) is 2.18. The first-order valence-electron chi connectivity index (χ1n) is 5.79. The minimum Gasteiger partial charge on any atom is -0.397 e. The SMILES string of the molecule is CCC(C)CC(=O)Nc1c(C)cc(Br)cc1N. The molecule has 3 N–H and O–H groups in total. The molecule has 0 saturated carbocycles. The van der Waals surface area contributed by atoms with Gasteiger partial charge in [0.2, 0.25) is 5.91 Å². The van der Waals surface area contributed by atoms with Crippen LogP contribution >= 0.6 is 15.9 Å². The van der Waals surface area contributed by atoms with Gasteiger partial charge in [-0.25, -0.2) is 0 Å². The smallest absolute Gasteiger partial charge is 0.224 e. The van der Waals surface area contributed by atoms with E-state index in [1.807, 2.05) is 13.0 Å². The Morgan fingerprint density at radius 1 is 1.53 bits per heavy atom. The maximum Gasteiger partial charge on any atom is 0.224 e. The molecular formula is C13H19BrN2O. The Morgan fingerprint density at radius 3 is 2.71 bits per heavy atom. The van der Waals surface area contributed by atoms with E-state index in [-0.39, 0.29) is 5.91 Å². The van der Waals surface area contributed by atoms with Crippen molar-refractivity contribution in [1.82, 2.24) is 0 Å². The maximum atomic E-state index is 11.8. The zero-order chi connectivity index (χ0) is 13.0. The molecule has 0 spiro atoms. The van der Waals surface area contributed by atoms with Crippen LogP contribution in [0.5, 0.6) is 0 Å². The molecule has 3 nitrogen and oxygen atoms in total. The second-order valence-corrected chi connectivity index (χ2v) is 5.37. The minimum absolute atomic E-state index is 0.0245. The van der Waals surface area contributed by atoms with Gasteiger partial charge in [0.25, 0.3) is 0 Å². The largest absolute Gasteiger partial charge is 0.397 e. The van der Waals surface area contributed by atoms with Gasteiger partial charge in [-0.2, -0.15) is 0 Å². The van der Waals surface area contributed by atoms with E-state index >= 15 is 0 Å². The van der Waals surface area contributed by atoms with Crippen molar-refractivity contribution in [3.8, 4) is 0 Å². The molecule has 0 bridgehead atoms. The van der Waals surface area contributed by atoms with E-state index in [2.05, 4.69) is 35.1 Å². The summed E-state index contributed by atoms with van der Waals surface area (Å²) in [6, 6.07) is 3.74. The highest BCUT2D eigenvalue weighted by molar-refractivity contribution is 9.10. The molecule has 17 heavy (non-hydrogen) atoms. The average molecular weight is 299 g/mol. The van der Waals surface area contributed by atoms with Crippen LogP contribution in [0.25, 0.3) is 0 Å². The van der Waals surface area contributed by atoms with Gasteiger partial charge in [0.1, 0.15) is 0 Å². The zero-order valence-corrected chi connectivity index (χ0v) is 12.1. The summed E-state index contributed by atoms with van der Waals surface area (Å²) in [5, 5.41) is 2.89. The van der Waals surface area contributed by atoms with Crippen molar-refractivity contribution in [2.75, 3.05) is 11.1 Å². The molecule has 0 aliphatic rings. The molecule has 1 amide bonds. The lowest BCUT2D eigenvalue weighted by Gasteiger charge is -2.13. The Kier molecular flexibility index (Phi) is 5.00. The first-order chi connectivity index (χ1) is 7.93. The second kappa shape index (κ2) is 6.05. The number of nitrogens with two attached hydrogens (primary N) is 1. The molecule has 1 atom stereocenters. The Bertz CT molecular complexity index is 395. The first-order valence-corrected chi connectivity index (χ1v) is 6.58. The van der Waals surface area contributed by atoms with Crippen molar-refractivity contribution in [3.63, 3.8) is 0 Å². The van der Waals surface area contributed by atoms with E-state index in [1.165, 1.54) is 0 Å². The summed E-state index contributed by atoms with van der Waals surface area (Å²) in [5.74, 6) is 0.420. The third kappa shape index (κ3) is 4.04. The van der Waals surface area contributed by atoms with E-state index < -0.39 is 0 Å². The predicted molar refractivity (Wildman–Crippen MR) is 76.0 cm³/mol. The summed E-state index contributed by atoms with van der Waals surface area (Å²) in [4.78, 5) is 11.8. The van der Waals surface area contributed by atoms with Gasteiger partial charge < -0.3 is 11.1 Å². The number of benzene rings is 1. The molecule has 0 saturated heterocycles. The number of aryl methyl sites for hydroxylation is 1. The highest BCUT2D eigenvalue weighted by Gasteiger charge is 2.11. The number of nitrogen functional groups attached to an aromatic ring is 1. The summed E-state index contributed by atoms with van der Waals surface area (Å²) >= 11 is 3.37. The van der Waals surface area contributed by atoms with Crippen molar-refractivity contribution in [3.05, 3.63) is 22.2 Å². The van der Waals surface area contributed by atoms with Gasteiger partial charge >= 0.3 is 0 Å². The average Bonchev–Trinajstić information content (AvgIpc) is 2.23. The van der Waals surface area contributed by atoms with E-state index in [0.29, 0.717) is 18.0 Å². The summed E-state index contributed by atoms with van der Waals surface area (Å²) in [7, 11) is 0. The highest BCUT2D eigenvalue weighted by atomic mass is 79.9. The molecule has 0 radical (unpaired) electrons. The third-order valence-corrected chi connectivity index (χ3v) is 3.28. The molecule has 0 fully saturated rings. The number of amides is 1. The lowest BCUT2D eigenvalue weighted by molar-refractivity contribution is -0.117. The fraction of sp³-hybridized carbons (Fsp3) is 0.462. The number of hydrogen-bond acceptors (Lipinski definition) is 2. The van der Waals surface area contributed by atoms with Gasteiger partial charge in [-0.15, -0.1) is 0 Å². The van der Waals surface area contributed by atoms with Gasteiger partial charge in [0, 0.05) is 10.9 Å². The van der Waals surface area contributed by atoms with Crippen LogP contribution in [0, 0.1) is 12.8 Å². The number of carbonyl (C=O) groups is 1. The van der Waals surface area contributed by atoms with Crippen LogP contribution in [0.2, 0.25) is 0 Å². The highest BCUT2D eigenvalue weighted by Crippen LogP contribution is 2.28. The van der Waals surface area contributed by atoms with Gasteiger partial charge in [-0.3, -0.25) is 4.79 Å². The Morgan fingerprint density at radius 2 is 2.18 bits per heavy atom. The second-order valence-electron chi connectivity index (χ2n) is 4.45. The Hall–Kier alpha value is -1.03. The van der Waals surface area contributed by atoms with Gasteiger partial charge in [0.15, 0.2) is 0 Å². The predicted octanol–water partition coefficient (Wildman–Crippen LogP) is 3.71. The Labute approximate surface area is 111 Å². The van der Waals surface area contributed by atoms with Crippen LogP contribution in [0.15, 0.2) is 16.6 Å². The molecule has 94 valence electrons. The van der Waals surface area contributed by atoms with Crippen LogP contribution < -0.4 is 11.1 Å². The first kappa shape index (κ1) is 14.0. The number of rotatable bonds is 4. The fourth-order valence-electron chi connectivity index (χ4n) is 1.59. The molecule has 0 aliphatic carbocycles. The van der Waals surface area contributed by atoms with Gasteiger partial charge in [-0.05, 0) is 30.5 Å². The van der Waals surface area contributed by atoms with Crippen molar-refractivity contribution < 1.29 is 4.79 Å². The minimum atomic E-state index is 0.0245. The topological polar surface area (TPSA) is 55.1 Å². The molecule has 1 aromatic carbocycles. The van der Waals surface area contributed by atoms with Crippen LogP contribution in [0.3, 0.4) is 0 Å². The lowest BCUT2D eigenvalue weighted by atomic mass is 10.0. The maximum absolute atomic E-state index is 11.8. The van der Waals surface area contributed by atoms with Gasteiger partial charge in [0.05, 0.1) is 11.4 Å². The van der Waals surface area contributed by atoms with Crippen molar-refractivity contribution in [1.29, 1.82) is 0 Å². The summed E-state index contributed by atoms with van der Waals surface area (Å²) in [6.45, 7) is 6.08. The number of hydrogen-bond donors (Lipinski definition) is 2. The summed E-state index contributed by atoms with van der Waals surface area (Å²) < 4.78 is 0.924. The normalized spacial score (nSPS) is 12.2. The van der Waals surface area contributed by atoms with Crippen LogP contribution in [-0.2, 0) is 4.79 Å². The zero-order valence-electron chi connectivity index (χ0n) is 10.5. The van der Waals surface area contributed by atoms with Gasteiger partial charge in [-0.1, -0.05) is 36.2 Å². The van der Waals surface area contributed by atoms with Crippen molar-refractivity contribution >= 4 is 33.2 Å². The molecule has 1 unspecified atom stereocenters. The summed E-state index contributed by atoms with van der Waals surface area (Å²) in [5.41, 5.74) is 8.17. The number of anilines is 2. The molecule has 0 heterocycles. The standard InChI is InChI=1S/C13H19BrN2O/c1-4-8(2)5-12(17)16-13-9(3)6-10(14)7-11(13)15/h6-8H,4-5,15H2,1-3H3,(H,16,17). The number of halogens is 1. The lowest BCUT2D eigenvalue weighted by Crippen LogP contribution is -2.16. The number of nitrogens with one attached hydrogen (secondary N) is 1. The molecule has 4 heteroatoms. The molecule has 1 rings (SSSR count). The molecule has 0 aliphatic heterocycles.